The van der Waals surface area contributed by atoms with Gasteiger partial charge >= 0.3 is 5.97 Å². The lowest BCUT2D eigenvalue weighted by molar-refractivity contribution is -0.155. The Balaban J connectivity index is 1.49. The molecule has 0 radical (unpaired) electrons. The molecule has 5 aliphatic heterocycles. The number of likely N-dealkylation sites (tertiary alicyclic amines) is 1. The molecule has 0 aromatic heterocycles. The highest BCUT2D eigenvalue weighted by atomic mass is 16.6. The van der Waals surface area contributed by atoms with Crippen LogP contribution in [0.15, 0.2) is 24.3 Å². The lowest BCUT2D eigenvalue weighted by Gasteiger charge is -2.38. The van der Waals surface area contributed by atoms with Gasteiger partial charge in [0.2, 0.25) is 11.8 Å². The number of cyclic esters (lactones) is 1. The zero-order chi connectivity index (χ0) is 23.9. The minimum absolute atomic E-state index is 0.133. The van der Waals surface area contributed by atoms with E-state index in [4.69, 9.17) is 14.2 Å². The minimum Gasteiger partial charge on any atom is -0.461 e. The first kappa shape index (κ1) is 23.5. The van der Waals surface area contributed by atoms with Crippen LogP contribution in [0.4, 0.5) is 0 Å². The number of ether oxygens (including phenoxy) is 3. The Morgan fingerprint density at radius 3 is 2.68 bits per heavy atom. The van der Waals surface area contributed by atoms with Gasteiger partial charge in [0, 0.05) is 32.7 Å². The number of amides is 2. The van der Waals surface area contributed by atoms with Gasteiger partial charge in [0.25, 0.3) is 0 Å². The molecular weight excluding hydrogens is 442 g/mol. The molecule has 0 saturated carbocycles. The third-order valence-electron chi connectivity index (χ3n) is 7.80. The van der Waals surface area contributed by atoms with Crippen molar-refractivity contribution in [1.82, 2.24) is 14.7 Å². The van der Waals surface area contributed by atoms with E-state index in [1.165, 1.54) is 4.90 Å². The molecular formula is C24H33N3O7. The molecule has 0 aliphatic carbocycles. The smallest absolute Gasteiger partial charge is 0.313 e. The summed E-state index contributed by atoms with van der Waals surface area (Å²) >= 11 is 0. The molecule has 34 heavy (non-hydrogen) atoms. The van der Waals surface area contributed by atoms with E-state index in [2.05, 4.69) is 4.90 Å². The lowest BCUT2D eigenvalue weighted by Crippen LogP contribution is -2.58. The summed E-state index contributed by atoms with van der Waals surface area (Å²) in [5.41, 5.74) is -1.28. The summed E-state index contributed by atoms with van der Waals surface area (Å²) in [6.45, 7) is 6.34. The number of esters is 1. The van der Waals surface area contributed by atoms with Gasteiger partial charge in [0.1, 0.15) is 24.2 Å². The van der Waals surface area contributed by atoms with Crippen LogP contribution in [0.25, 0.3) is 0 Å². The number of aliphatic hydroxyl groups excluding tert-OH is 1. The molecule has 186 valence electrons. The van der Waals surface area contributed by atoms with Gasteiger partial charge in [-0.05, 0) is 12.5 Å². The Kier molecular flexibility index (Phi) is 6.49. The van der Waals surface area contributed by atoms with Crippen LogP contribution in [0.5, 0.6) is 0 Å². The van der Waals surface area contributed by atoms with Crippen molar-refractivity contribution in [3.05, 3.63) is 24.3 Å². The van der Waals surface area contributed by atoms with Crippen LogP contribution in [0.1, 0.15) is 13.3 Å². The summed E-state index contributed by atoms with van der Waals surface area (Å²) in [4.78, 5) is 46.3. The van der Waals surface area contributed by atoms with Crippen molar-refractivity contribution < 1.29 is 33.7 Å². The van der Waals surface area contributed by atoms with Crippen LogP contribution in [0.3, 0.4) is 0 Å². The second kappa shape index (κ2) is 9.41. The number of morpholine rings is 1. The number of carbonyl (C=O) groups is 3. The number of aliphatic hydroxyl groups is 1. The van der Waals surface area contributed by atoms with Crippen molar-refractivity contribution in [2.45, 2.75) is 37.1 Å². The van der Waals surface area contributed by atoms with E-state index in [0.29, 0.717) is 39.3 Å². The molecule has 5 rings (SSSR count). The quantitative estimate of drug-likeness (QED) is 0.392. The number of rotatable bonds is 6. The summed E-state index contributed by atoms with van der Waals surface area (Å²) in [7, 11) is 0. The molecule has 0 bridgehead atoms. The Bertz CT molecular complexity index is 882. The van der Waals surface area contributed by atoms with Gasteiger partial charge in [-0.15, -0.1) is 0 Å². The van der Waals surface area contributed by atoms with Gasteiger partial charge in [-0.1, -0.05) is 25.2 Å². The van der Waals surface area contributed by atoms with Gasteiger partial charge in [0.05, 0.1) is 37.9 Å². The van der Waals surface area contributed by atoms with Crippen molar-refractivity contribution in [3.8, 4) is 0 Å². The van der Waals surface area contributed by atoms with Gasteiger partial charge in [-0.2, -0.15) is 0 Å². The highest BCUT2D eigenvalue weighted by Gasteiger charge is 2.72. The summed E-state index contributed by atoms with van der Waals surface area (Å²) < 4.78 is 17.2. The fourth-order valence-corrected chi connectivity index (χ4v) is 6.05. The third kappa shape index (κ3) is 3.67. The number of hydrogen-bond donors (Lipinski definition) is 1. The summed E-state index contributed by atoms with van der Waals surface area (Å²) in [6.07, 6.45) is 7.01. The average Bonchev–Trinajstić information content (AvgIpc) is 3.15. The van der Waals surface area contributed by atoms with Gasteiger partial charge in [0.15, 0.2) is 0 Å². The monoisotopic (exact) mass is 475 g/mol. The van der Waals surface area contributed by atoms with E-state index < -0.39 is 41.6 Å². The summed E-state index contributed by atoms with van der Waals surface area (Å²) in [5.74, 6) is -2.74. The maximum atomic E-state index is 14.0. The first-order chi connectivity index (χ1) is 16.5. The van der Waals surface area contributed by atoms with E-state index in [1.807, 2.05) is 19.1 Å². The molecule has 5 aliphatic rings. The second-order valence-corrected chi connectivity index (χ2v) is 9.53. The van der Waals surface area contributed by atoms with Crippen molar-refractivity contribution in [2.24, 2.45) is 11.8 Å². The number of nitrogens with zero attached hydrogens (tertiary/aromatic N) is 3. The van der Waals surface area contributed by atoms with Crippen LogP contribution in [-0.2, 0) is 28.6 Å². The Hall–Kier alpha value is -2.27. The minimum atomic E-state index is -1.28. The fraction of sp³-hybridized carbons (Fsp3) is 0.708. The van der Waals surface area contributed by atoms with E-state index in [0.717, 1.165) is 13.1 Å². The first-order valence-corrected chi connectivity index (χ1v) is 12.2. The van der Waals surface area contributed by atoms with Crippen LogP contribution in [0, 0.1) is 11.8 Å². The zero-order valence-electron chi connectivity index (χ0n) is 19.5. The highest BCUT2D eigenvalue weighted by molar-refractivity contribution is 5.99. The molecule has 1 N–H and O–H groups in total. The van der Waals surface area contributed by atoms with E-state index in [1.54, 1.807) is 17.1 Å². The van der Waals surface area contributed by atoms with Crippen LogP contribution < -0.4 is 0 Å². The molecule has 0 aromatic rings. The maximum Gasteiger partial charge on any atom is 0.313 e. The molecule has 1 unspecified atom stereocenters. The fourth-order valence-electron chi connectivity index (χ4n) is 6.05. The standard InChI is InChI=1S/C24H33N3O7/c1-2-16(15-28)27-20-22(30)26(9-8-25-10-13-32-14-11-25)7-4-6-24(20)19(21(27)29)18-17(34-24)5-3-12-33-23(18)31/h3-6,16-20,28H,2,7-15H2,1H3/t16-,17-,18+,19-,20?,24-/m0/s1. The molecule has 3 fully saturated rings. The maximum absolute atomic E-state index is 14.0. The van der Waals surface area contributed by atoms with Crippen LogP contribution in [-0.4, -0.2) is 121 Å². The van der Waals surface area contributed by atoms with Crippen molar-refractivity contribution in [3.63, 3.8) is 0 Å². The molecule has 10 heteroatoms. The molecule has 6 atom stereocenters. The molecule has 10 nitrogen and oxygen atoms in total. The molecule has 5 heterocycles. The first-order valence-electron chi connectivity index (χ1n) is 12.2. The predicted octanol–water partition coefficient (Wildman–Crippen LogP) is -0.818. The van der Waals surface area contributed by atoms with E-state index >= 15 is 0 Å². The lowest BCUT2D eigenvalue weighted by atomic mass is 9.78. The largest absolute Gasteiger partial charge is 0.461 e. The molecule has 1 spiro atoms. The Morgan fingerprint density at radius 2 is 1.94 bits per heavy atom. The zero-order valence-corrected chi connectivity index (χ0v) is 19.5. The molecule has 0 aromatic carbocycles. The Morgan fingerprint density at radius 1 is 1.15 bits per heavy atom. The number of hydrogen-bond acceptors (Lipinski definition) is 8. The average molecular weight is 476 g/mol. The normalized spacial score (nSPS) is 36.6. The van der Waals surface area contributed by atoms with Crippen LogP contribution in [0.2, 0.25) is 0 Å². The SMILES string of the molecule is CC[C@@H](CO)N1C(=O)[C@@H]2[C@@H]3C(=O)OCC=C[C@@H]3O[C@@]23C=CCN(CCN2CCOCC2)C(=O)C13. The number of fused-ring (bicyclic) bond motifs is 2. The third-order valence-corrected chi connectivity index (χ3v) is 7.80. The summed E-state index contributed by atoms with van der Waals surface area (Å²) in [6, 6.07) is -1.49. The summed E-state index contributed by atoms with van der Waals surface area (Å²) in [5, 5.41) is 10.1. The van der Waals surface area contributed by atoms with Crippen LogP contribution >= 0.6 is 0 Å². The Labute approximate surface area is 199 Å². The second-order valence-electron chi connectivity index (χ2n) is 9.53. The van der Waals surface area contributed by atoms with Crippen molar-refractivity contribution in [2.75, 3.05) is 59.2 Å². The predicted molar refractivity (Wildman–Crippen MR) is 119 cm³/mol. The number of carbonyl (C=O) groups excluding carboxylic acids is 3. The highest BCUT2D eigenvalue weighted by Crippen LogP contribution is 2.53. The van der Waals surface area contributed by atoms with E-state index in [-0.39, 0.29) is 25.0 Å². The van der Waals surface area contributed by atoms with Crippen molar-refractivity contribution >= 4 is 17.8 Å². The van der Waals surface area contributed by atoms with E-state index in [9.17, 15) is 19.5 Å². The van der Waals surface area contributed by atoms with Gasteiger partial charge in [-0.25, -0.2) is 0 Å². The topological polar surface area (TPSA) is 109 Å². The van der Waals surface area contributed by atoms with Crippen molar-refractivity contribution in [1.29, 1.82) is 0 Å². The van der Waals surface area contributed by atoms with Gasteiger partial charge < -0.3 is 29.1 Å². The van der Waals surface area contributed by atoms with Gasteiger partial charge in [-0.3, -0.25) is 19.3 Å². The molecule has 3 saturated heterocycles. The molecule has 2 amide bonds.